The minimum atomic E-state index is -0.244. The van der Waals surface area contributed by atoms with Gasteiger partial charge in [-0.3, -0.25) is 4.79 Å². The number of carbonyl (C=O) groups is 1. The second kappa shape index (κ2) is 8.11. The van der Waals surface area contributed by atoms with Crippen LogP contribution in [0.3, 0.4) is 0 Å². The van der Waals surface area contributed by atoms with Gasteiger partial charge in [-0.05, 0) is 24.0 Å². The van der Waals surface area contributed by atoms with E-state index >= 15 is 0 Å². The maximum Gasteiger partial charge on any atom is 0.225 e. The van der Waals surface area contributed by atoms with Crippen LogP contribution >= 0.6 is 23.4 Å². The molecule has 0 heterocycles. The predicted molar refractivity (Wildman–Crippen MR) is 92.0 cm³/mol. The summed E-state index contributed by atoms with van der Waals surface area (Å²) in [6, 6.07) is 19.5. The van der Waals surface area contributed by atoms with Crippen molar-refractivity contribution < 1.29 is 4.79 Å². The lowest BCUT2D eigenvalue weighted by Crippen LogP contribution is -2.20. The first-order valence-corrected chi connectivity index (χ1v) is 8.50. The molecule has 0 spiro atoms. The molecule has 2 nitrogen and oxygen atoms in total. The lowest BCUT2D eigenvalue weighted by Gasteiger charge is -2.20. The quantitative estimate of drug-likeness (QED) is 0.780. The molecular formula is C17H18ClNOS. The van der Waals surface area contributed by atoms with Gasteiger partial charge in [-0.25, -0.2) is 0 Å². The lowest BCUT2D eigenvalue weighted by atomic mass is 10.1. The SMILES string of the molecule is CSC(c1ccccc1)C(Cl)CC(=O)Nc1ccccc1. The van der Waals surface area contributed by atoms with E-state index < -0.39 is 0 Å². The third kappa shape index (κ3) is 4.80. The maximum absolute atomic E-state index is 12.1. The average molecular weight is 320 g/mol. The van der Waals surface area contributed by atoms with Gasteiger partial charge in [0.2, 0.25) is 5.91 Å². The molecule has 0 fully saturated rings. The van der Waals surface area contributed by atoms with Crippen molar-refractivity contribution in [2.24, 2.45) is 0 Å². The van der Waals surface area contributed by atoms with Gasteiger partial charge in [0.1, 0.15) is 0 Å². The molecule has 2 aromatic carbocycles. The van der Waals surface area contributed by atoms with E-state index in [9.17, 15) is 4.79 Å². The summed E-state index contributed by atoms with van der Waals surface area (Å²) in [7, 11) is 0. The number of benzene rings is 2. The van der Waals surface area contributed by atoms with Crippen LogP contribution in [0.5, 0.6) is 0 Å². The molecule has 0 aromatic heterocycles. The van der Waals surface area contributed by atoms with E-state index in [1.165, 1.54) is 0 Å². The monoisotopic (exact) mass is 319 g/mol. The molecular weight excluding hydrogens is 302 g/mol. The summed E-state index contributed by atoms with van der Waals surface area (Å²) in [5, 5.41) is 2.73. The molecule has 0 radical (unpaired) electrons. The van der Waals surface area contributed by atoms with Crippen molar-refractivity contribution in [3.05, 3.63) is 66.2 Å². The van der Waals surface area contributed by atoms with Crippen LogP contribution in [0, 0.1) is 0 Å². The Morgan fingerprint density at radius 2 is 1.67 bits per heavy atom. The Morgan fingerprint density at radius 1 is 1.10 bits per heavy atom. The zero-order valence-electron chi connectivity index (χ0n) is 11.8. The number of amides is 1. The lowest BCUT2D eigenvalue weighted by molar-refractivity contribution is -0.116. The molecule has 21 heavy (non-hydrogen) atoms. The van der Waals surface area contributed by atoms with Crippen LogP contribution in [0.15, 0.2) is 60.7 Å². The van der Waals surface area contributed by atoms with Crippen molar-refractivity contribution in [3.8, 4) is 0 Å². The molecule has 0 bridgehead atoms. The van der Waals surface area contributed by atoms with Crippen LogP contribution in [0.1, 0.15) is 17.2 Å². The fraction of sp³-hybridized carbons (Fsp3) is 0.235. The number of thioether (sulfide) groups is 1. The van der Waals surface area contributed by atoms with Gasteiger partial charge < -0.3 is 5.32 Å². The summed E-state index contributed by atoms with van der Waals surface area (Å²) in [5.41, 5.74) is 1.95. The number of alkyl halides is 1. The third-order valence-electron chi connectivity index (χ3n) is 3.15. The number of anilines is 1. The standard InChI is InChI=1S/C17H18ClNOS/c1-21-17(13-8-4-2-5-9-13)15(18)12-16(20)19-14-10-6-3-7-11-14/h2-11,15,17H,12H2,1H3,(H,19,20). The number of hydrogen-bond donors (Lipinski definition) is 1. The van der Waals surface area contributed by atoms with Gasteiger partial charge in [0.25, 0.3) is 0 Å². The molecule has 1 amide bonds. The number of hydrogen-bond acceptors (Lipinski definition) is 2. The molecule has 2 aromatic rings. The molecule has 4 heteroatoms. The molecule has 2 rings (SSSR count). The Kier molecular flexibility index (Phi) is 6.15. The minimum Gasteiger partial charge on any atom is -0.326 e. The zero-order chi connectivity index (χ0) is 15.1. The summed E-state index contributed by atoms with van der Waals surface area (Å²) in [6.07, 6.45) is 2.30. The Labute approximate surface area is 134 Å². The molecule has 1 N–H and O–H groups in total. The summed E-state index contributed by atoms with van der Waals surface area (Å²) in [5.74, 6) is -0.0591. The van der Waals surface area contributed by atoms with Crippen molar-refractivity contribution in [2.45, 2.75) is 17.0 Å². The molecule has 2 unspecified atom stereocenters. The van der Waals surface area contributed by atoms with Crippen LogP contribution in [-0.2, 0) is 4.79 Å². The van der Waals surface area contributed by atoms with E-state index in [-0.39, 0.29) is 23.0 Å². The highest BCUT2D eigenvalue weighted by atomic mass is 35.5. The minimum absolute atomic E-state index is 0.0591. The van der Waals surface area contributed by atoms with Gasteiger partial charge >= 0.3 is 0 Å². The second-order valence-corrected chi connectivity index (χ2v) is 6.24. The second-order valence-electron chi connectivity index (χ2n) is 4.70. The summed E-state index contributed by atoms with van der Waals surface area (Å²) in [6.45, 7) is 0. The number of para-hydroxylation sites is 1. The predicted octanol–water partition coefficient (Wildman–Crippen LogP) is 4.73. The molecule has 0 saturated heterocycles. The van der Waals surface area contributed by atoms with Gasteiger partial charge in [-0.1, -0.05) is 48.5 Å². The highest BCUT2D eigenvalue weighted by Gasteiger charge is 2.22. The third-order valence-corrected chi connectivity index (χ3v) is 4.81. The van der Waals surface area contributed by atoms with Crippen LogP contribution in [0.4, 0.5) is 5.69 Å². The highest BCUT2D eigenvalue weighted by Crippen LogP contribution is 2.34. The highest BCUT2D eigenvalue weighted by molar-refractivity contribution is 7.98. The summed E-state index contributed by atoms with van der Waals surface area (Å²) < 4.78 is 0. The van der Waals surface area contributed by atoms with E-state index in [1.807, 2.05) is 66.9 Å². The molecule has 0 aliphatic rings. The van der Waals surface area contributed by atoms with Gasteiger partial charge in [0, 0.05) is 17.4 Å². The van der Waals surface area contributed by atoms with E-state index in [4.69, 9.17) is 11.6 Å². The van der Waals surface area contributed by atoms with E-state index in [0.717, 1.165) is 11.3 Å². The Hall–Kier alpha value is -1.45. The van der Waals surface area contributed by atoms with Gasteiger partial charge in [-0.2, -0.15) is 11.8 Å². The van der Waals surface area contributed by atoms with E-state index in [0.29, 0.717) is 0 Å². The Morgan fingerprint density at radius 3 is 2.24 bits per heavy atom. The van der Waals surface area contributed by atoms with Crippen LogP contribution in [0.2, 0.25) is 0 Å². The van der Waals surface area contributed by atoms with Gasteiger partial charge in [0.05, 0.1) is 5.38 Å². The number of nitrogens with one attached hydrogen (secondary N) is 1. The first-order valence-electron chi connectivity index (χ1n) is 6.77. The number of rotatable bonds is 6. The zero-order valence-corrected chi connectivity index (χ0v) is 13.4. The Bertz CT molecular complexity index is 562. The van der Waals surface area contributed by atoms with E-state index in [2.05, 4.69) is 5.32 Å². The normalized spacial score (nSPS) is 13.4. The molecule has 0 aliphatic carbocycles. The smallest absolute Gasteiger partial charge is 0.225 e. The molecule has 2 atom stereocenters. The Balaban J connectivity index is 1.96. The van der Waals surface area contributed by atoms with Crippen molar-refractivity contribution in [1.82, 2.24) is 0 Å². The van der Waals surface area contributed by atoms with Crippen LogP contribution < -0.4 is 5.32 Å². The van der Waals surface area contributed by atoms with Crippen molar-refractivity contribution >= 4 is 35.0 Å². The molecule has 0 saturated carbocycles. The van der Waals surface area contributed by atoms with Crippen LogP contribution in [-0.4, -0.2) is 17.5 Å². The van der Waals surface area contributed by atoms with Gasteiger partial charge in [0.15, 0.2) is 0 Å². The summed E-state index contributed by atoms with van der Waals surface area (Å²) in [4.78, 5) is 12.1. The van der Waals surface area contributed by atoms with Gasteiger partial charge in [-0.15, -0.1) is 11.6 Å². The summed E-state index contributed by atoms with van der Waals surface area (Å²) >= 11 is 8.13. The van der Waals surface area contributed by atoms with Crippen molar-refractivity contribution in [3.63, 3.8) is 0 Å². The fourth-order valence-electron chi connectivity index (χ4n) is 2.15. The first-order chi connectivity index (χ1) is 10.2. The van der Waals surface area contributed by atoms with Crippen LogP contribution in [0.25, 0.3) is 0 Å². The fourth-order valence-corrected chi connectivity index (χ4v) is 3.57. The number of carbonyl (C=O) groups excluding carboxylic acids is 1. The first kappa shape index (κ1) is 15.9. The number of halogens is 1. The van der Waals surface area contributed by atoms with E-state index in [1.54, 1.807) is 11.8 Å². The maximum atomic E-state index is 12.1. The van der Waals surface area contributed by atoms with Crippen molar-refractivity contribution in [1.29, 1.82) is 0 Å². The largest absolute Gasteiger partial charge is 0.326 e. The average Bonchev–Trinajstić information content (AvgIpc) is 2.50. The topological polar surface area (TPSA) is 29.1 Å². The molecule has 110 valence electrons. The van der Waals surface area contributed by atoms with Crippen molar-refractivity contribution in [2.75, 3.05) is 11.6 Å². The molecule has 0 aliphatic heterocycles.